The Hall–Kier alpha value is -4.68. The van der Waals surface area contributed by atoms with Crippen LogP contribution in [0.5, 0.6) is 0 Å². The fourth-order valence-electron chi connectivity index (χ4n) is 7.47. The normalized spacial score (nSPS) is 13.3. The molecule has 0 atom stereocenters. The maximum atomic E-state index is 2.33. The molecule has 0 bridgehead atoms. The summed E-state index contributed by atoms with van der Waals surface area (Å²) in [6.07, 6.45) is 0. The summed E-state index contributed by atoms with van der Waals surface area (Å²) in [5.74, 6) is 0. The smallest absolute Gasteiger partial charge is 0.0158 e. The minimum Gasteiger partial charge on any atom is -0.0622 e. The fraction of sp³-hybridized carbons (Fsp3) is 0.379. The van der Waals surface area contributed by atoms with Crippen molar-refractivity contribution < 1.29 is 0 Å². The van der Waals surface area contributed by atoms with Crippen molar-refractivity contribution in [1.29, 1.82) is 0 Å². The zero-order valence-corrected chi connectivity index (χ0v) is 39.0. The lowest BCUT2D eigenvalue weighted by molar-refractivity contribution is 0.568. The monoisotopic (exact) mass is 771 g/mol. The Morgan fingerprint density at radius 1 is 0.276 bits per heavy atom. The van der Waals surface area contributed by atoms with Crippen molar-refractivity contribution in [2.45, 2.75) is 143 Å². The number of rotatable bonds is 2. The Morgan fingerprint density at radius 2 is 0.552 bits per heavy atom. The predicted octanol–water partition coefficient (Wildman–Crippen LogP) is 16.6. The van der Waals surface area contributed by atoms with Crippen molar-refractivity contribution in [1.82, 2.24) is 0 Å². The summed E-state index contributed by atoms with van der Waals surface area (Å²) in [6, 6.07) is 56.6. The molecule has 1 aliphatic carbocycles. The summed E-state index contributed by atoms with van der Waals surface area (Å²) in [5.41, 5.74) is 15.3. The van der Waals surface area contributed by atoms with Gasteiger partial charge in [-0.15, -0.1) is 0 Å². The Kier molecular flexibility index (Phi) is 14.3. The maximum Gasteiger partial charge on any atom is 0.0158 e. The molecule has 0 saturated carbocycles. The predicted molar refractivity (Wildman–Crippen MR) is 257 cm³/mol. The van der Waals surface area contributed by atoms with Gasteiger partial charge in [0, 0.05) is 10.8 Å². The van der Waals surface area contributed by atoms with Gasteiger partial charge >= 0.3 is 0 Å². The molecule has 58 heavy (non-hydrogen) atoms. The molecule has 0 amide bonds. The first-order valence-corrected chi connectivity index (χ1v) is 21.4. The summed E-state index contributed by atoms with van der Waals surface area (Å²) < 4.78 is 0. The second-order valence-electron chi connectivity index (χ2n) is 21.2. The van der Waals surface area contributed by atoms with Gasteiger partial charge in [0.1, 0.15) is 0 Å². The molecule has 0 fully saturated rings. The van der Waals surface area contributed by atoms with Crippen LogP contribution in [0.25, 0.3) is 11.1 Å². The molecule has 0 radical (unpaired) electrons. The van der Waals surface area contributed by atoms with Gasteiger partial charge in [-0.3, -0.25) is 0 Å². The lowest BCUT2D eigenvalue weighted by Crippen LogP contribution is -2.18. The van der Waals surface area contributed by atoms with Crippen LogP contribution in [0.4, 0.5) is 0 Å². The molecule has 0 aliphatic heterocycles. The van der Waals surface area contributed by atoms with Crippen LogP contribution in [0, 0.1) is 0 Å². The summed E-state index contributed by atoms with van der Waals surface area (Å²) in [6.45, 7) is 36.2. The van der Waals surface area contributed by atoms with Crippen LogP contribution in [0.2, 0.25) is 0 Å². The third kappa shape index (κ3) is 11.7. The molecule has 0 saturated heterocycles. The van der Waals surface area contributed by atoms with Gasteiger partial charge in [-0.05, 0) is 77.3 Å². The van der Waals surface area contributed by atoms with E-state index in [-0.39, 0.29) is 32.5 Å². The van der Waals surface area contributed by atoms with Crippen LogP contribution >= 0.6 is 0 Å². The largest absolute Gasteiger partial charge is 0.0622 e. The summed E-state index contributed by atoms with van der Waals surface area (Å²) in [7, 11) is 0. The molecular weight excluding hydrogens is 697 g/mol. The third-order valence-electron chi connectivity index (χ3n) is 11.7. The molecule has 0 heteroatoms. The molecule has 306 valence electrons. The highest BCUT2D eigenvalue weighted by Crippen LogP contribution is 2.48. The Morgan fingerprint density at radius 3 is 0.862 bits per heavy atom. The van der Waals surface area contributed by atoms with E-state index in [4.69, 9.17) is 0 Å². The van der Waals surface area contributed by atoms with Gasteiger partial charge in [0.15, 0.2) is 0 Å². The van der Waals surface area contributed by atoms with Gasteiger partial charge in [-0.2, -0.15) is 0 Å². The summed E-state index contributed by atoms with van der Waals surface area (Å²) in [5, 5.41) is 0. The number of hydrogen-bond acceptors (Lipinski definition) is 0. The fourth-order valence-corrected chi connectivity index (χ4v) is 7.47. The van der Waals surface area contributed by atoms with Gasteiger partial charge in [0.25, 0.3) is 0 Å². The zero-order chi connectivity index (χ0) is 43.2. The Balaban J connectivity index is 0.000000171. The molecular formula is C58H74. The first-order chi connectivity index (χ1) is 26.8. The Bertz CT molecular complexity index is 2010. The first kappa shape index (κ1) is 46.0. The van der Waals surface area contributed by atoms with E-state index >= 15 is 0 Å². The van der Waals surface area contributed by atoms with Crippen LogP contribution in [-0.2, 0) is 32.5 Å². The number of fused-ring (bicyclic) bond motifs is 3. The molecule has 6 aromatic carbocycles. The second kappa shape index (κ2) is 18.1. The molecule has 0 nitrogen and oxygen atoms in total. The van der Waals surface area contributed by atoms with E-state index in [0.29, 0.717) is 0 Å². The van der Waals surface area contributed by atoms with Crippen molar-refractivity contribution in [3.05, 3.63) is 202 Å². The van der Waals surface area contributed by atoms with Gasteiger partial charge in [0.2, 0.25) is 0 Å². The van der Waals surface area contributed by atoms with Gasteiger partial charge in [-0.1, -0.05) is 269 Å². The van der Waals surface area contributed by atoms with E-state index in [1.54, 1.807) is 0 Å². The van der Waals surface area contributed by atoms with Crippen molar-refractivity contribution in [2.24, 2.45) is 0 Å². The lowest BCUT2D eigenvalue weighted by Gasteiger charge is -2.25. The average molecular weight is 771 g/mol. The molecule has 0 N–H and O–H groups in total. The molecule has 0 unspecified atom stereocenters. The lowest BCUT2D eigenvalue weighted by atomic mass is 9.78. The average Bonchev–Trinajstić information content (AvgIpc) is 3.41. The minimum absolute atomic E-state index is 0.0858. The second-order valence-corrected chi connectivity index (χ2v) is 21.2. The topological polar surface area (TPSA) is 0 Å². The van der Waals surface area contributed by atoms with E-state index in [2.05, 4.69) is 269 Å². The number of hydrogen-bond donors (Lipinski definition) is 0. The SMILES string of the molecule is CC(C)(C)c1ccc(C(C)(C)C)cc1.CC(C)(C)c1cccc(C(C)(C)C)c1.CC(C)(c1ccccc1)c1ccccc1.CC1(C)c2ccccc2-c2ccccc21. The van der Waals surface area contributed by atoms with E-state index in [1.165, 1.54) is 55.6 Å². The van der Waals surface area contributed by atoms with Gasteiger partial charge in [-0.25, -0.2) is 0 Å². The van der Waals surface area contributed by atoms with Crippen molar-refractivity contribution in [3.8, 4) is 11.1 Å². The summed E-state index contributed by atoms with van der Waals surface area (Å²) >= 11 is 0. The van der Waals surface area contributed by atoms with Crippen molar-refractivity contribution >= 4 is 0 Å². The van der Waals surface area contributed by atoms with Crippen LogP contribution in [0.15, 0.2) is 158 Å². The Labute approximate surface area is 355 Å². The maximum absolute atomic E-state index is 2.33. The molecule has 1 aliphatic rings. The number of benzene rings is 6. The molecule has 0 aromatic heterocycles. The molecule has 7 rings (SSSR count). The highest BCUT2D eigenvalue weighted by Gasteiger charge is 2.34. The van der Waals surface area contributed by atoms with Crippen LogP contribution in [0.3, 0.4) is 0 Å². The summed E-state index contributed by atoms with van der Waals surface area (Å²) in [4.78, 5) is 0. The van der Waals surface area contributed by atoms with E-state index in [0.717, 1.165) is 0 Å². The van der Waals surface area contributed by atoms with Crippen molar-refractivity contribution in [3.63, 3.8) is 0 Å². The first-order valence-electron chi connectivity index (χ1n) is 21.4. The molecule has 0 spiro atoms. The molecule has 0 heterocycles. The highest BCUT2D eigenvalue weighted by molar-refractivity contribution is 5.80. The van der Waals surface area contributed by atoms with E-state index < -0.39 is 0 Å². The van der Waals surface area contributed by atoms with E-state index in [9.17, 15) is 0 Å². The standard InChI is InChI=1S/C15H14.C15H16.2C14H22/c1-15(2)13-9-5-3-7-11(13)12-8-4-6-10-14(12)15;1-15(2,13-9-5-3-6-10-13)14-11-7-4-8-12-14;1-13(2,3)11-7-9-12(10-8-11)14(4,5)6;1-13(2,3)11-8-7-9-12(10-11)14(4,5)6/h3-10H,1-2H3;3-12H,1-2H3;2*7-10H,1-6H3. The minimum atomic E-state index is 0.0858. The highest BCUT2D eigenvalue weighted by atomic mass is 14.4. The van der Waals surface area contributed by atoms with Crippen LogP contribution < -0.4 is 0 Å². The van der Waals surface area contributed by atoms with Crippen LogP contribution in [0.1, 0.15) is 155 Å². The van der Waals surface area contributed by atoms with Gasteiger partial charge < -0.3 is 0 Å². The van der Waals surface area contributed by atoms with Gasteiger partial charge in [0.05, 0.1) is 0 Å². The van der Waals surface area contributed by atoms with E-state index in [1.807, 2.05) is 0 Å². The molecule has 6 aromatic rings. The van der Waals surface area contributed by atoms with Crippen LogP contribution in [-0.4, -0.2) is 0 Å². The van der Waals surface area contributed by atoms with Crippen molar-refractivity contribution in [2.75, 3.05) is 0 Å². The third-order valence-corrected chi connectivity index (χ3v) is 11.7. The quantitative estimate of drug-likeness (QED) is 0.164. The zero-order valence-electron chi connectivity index (χ0n) is 39.0.